The second-order valence-electron chi connectivity index (χ2n) is 6.20. The minimum absolute atomic E-state index is 0.00360. The fourth-order valence-electron chi connectivity index (χ4n) is 2.51. The molecule has 1 atom stereocenters. The Morgan fingerprint density at radius 1 is 1.28 bits per heavy atom. The Morgan fingerprint density at radius 2 is 1.96 bits per heavy atom. The number of nitrogens with one attached hydrogen (secondary N) is 2. The Bertz CT molecular complexity index is 621. The highest BCUT2D eigenvalue weighted by molar-refractivity contribution is 6.30. The fraction of sp³-hybridized carbons (Fsp3) is 0.529. The molecular formula is C17H24ClFN4O2. The lowest BCUT2D eigenvalue weighted by atomic mass is 10.2. The molecule has 1 fully saturated rings. The van der Waals surface area contributed by atoms with E-state index < -0.39 is 5.82 Å². The number of anilines is 1. The van der Waals surface area contributed by atoms with Gasteiger partial charge < -0.3 is 15.5 Å². The Morgan fingerprint density at radius 3 is 2.56 bits per heavy atom. The average Bonchev–Trinajstić information content (AvgIpc) is 2.58. The molecule has 1 aliphatic heterocycles. The van der Waals surface area contributed by atoms with Gasteiger partial charge in [0, 0.05) is 37.9 Å². The fourth-order valence-corrected chi connectivity index (χ4v) is 2.63. The number of carbonyl (C=O) groups excluding carboxylic acids is 2. The van der Waals surface area contributed by atoms with Crippen LogP contribution in [0, 0.1) is 5.82 Å². The third-order valence-electron chi connectivity index (χ3n) is 4.22. The summed E-state index contributed by atoms with van der Waals surface area (Å²) in [7, 11) is 0. The van der Waals surface area contributed by atoms with Gasteiger partial charge in [-0.05, 0) is 31.5 Å². The molecule has 0 spiro atoms. The zero-order valence-electron chi connectivity index (χ0n) is 14.5. The van der Waals surface area contributed by atoms with Crippen LogP contribution in [0.5, 0.6) is 0 Å². The van der Waals surface area contributed by atoms with Crippen molar-refractivity contribution in [2.24, 2.45) is 0 Å². The third kappa shape index (κ3) is 5.86. The molecule has 1 aromatic rings. The van der Waals surface area contributed by atoms with E-state index in [-0.39, 0.29) is 23.0 Å². The standard InChI is InChI=1S/C17H24ClFN4O2/c1-3-12(2)20-16(24)11-22-6-8-23(9-7-22)17(25)21-13-4-5-14(18)15(19)10-13/h4-5,10,12H,3,6-9,11H2,1-2H3,(H,20,24)(H,21,25). The largest absolute Gasteiger partial charge is 0.353 e. The van der Waals surface area contributed by atoms with Crippen LogP contribution in [0.2, 0.25) is 5.02 Å². The topological polar surface area (TPSA) is 64.7 Å². The highest BCUT2D eigenvalue weighted by atomic mass is 35.5. The minimum atomic E-state index is -0.573. The van der Waals surface area contributed by atoms with Crippen LogP contribution in [0.25, 0.3) is 0 Å². The highest BCUT2D eigenvalue weighted by Gasteiger charge is 2.22. The van der Waals surface area contributed by atoms with E-state index in [4.69, 9.17) is 11.6 Å². The zero-order chi connectivity index (χ0) is 18.4. The normalized spacial score (nSPS) is 16.4. The van der Waals surface area contributed by atoms with Crippen molar-refractivity contribution in [3.05, 3.63) is 29.0 Å². The summed E-state index contributed by atoms with van der Waals surface area (Å²) in [6, 6.07) is 4.03. The predicted octanol–water partition coefficient (Wildman–Crippen LogP) is 2.54. The average molecular weight is 371 g/mol. The molecule has 2 rings (SSSR count). The molecule has 0 saturated carbocycles. The summed E-state index contributed by atoms with van der Waals surface area (Å²) < 4.78 is 13.4. The maximum absolute atomic E-state index is 13.4. The zero-order valence-corrected chi connectivity index (χ0v) is 15.3. The molecule has 1 aromatic carbocycles. The number of amides is 3. The van der Waals surface area contributed by atoms with Crippen LogP contribution in [-0.4, -0.2) is 60.5 Å². The number of rotatable bonds is 5. The van der Waals surface area contributed by atoms with Crippen molar-refractivity contribution in [3.8, 4) is 0 Å². The maximum atomic E-state index is 13.4. The van der Waals surface area contributed by atoms with Gasteiger partial charge in [-0.15, -0.1) is 0 Å². The van der Waals surface area contributed by atoms with Gasteiger partial charge in [0.25, 0.3) is 0 Å². The van der Waals surface area contributed by atoms with Gasteiger partial charge in [-0.25, -0.2) is 9.18 Å². The van der Waals surface area contributed by atoms with E-state index in [9.17, 15) is 14.0 Å². The number of nitrogens with zero attached hydrogens (tertiary/aromatic N) is 2. The van der Waals surface area contributed by atoms with Crippen molar-refractivity contribution in [2.45, 2.75) is 26.3 Å². The first-order chi connectivity index (χ1) is 11.9. The number of piperazine rings is 1. The second kappa shape index (κ2) is 9.01. The van der Waals surface area contributed by atoms with Crippen LogP contribution >= 0.6 is 11.6 Å². The van der Waals surface area contributed by atoms with Crippen LogP contribution in [-0.2, 0) is 4.79 Å². The smallest absolute Gasteiger partial charge is 0.321 e. The van der Waals surface area contributed by atoms with Crippen molar-refractivity contribution in [2.75, 3.05) is 38.0 Å². The van der Waals surface area contributed by atoms with E-state index in [1.54, 1.807) is 11.0 Å². The highest BCUT2D eigenvalue weighted by Crippen LogP contribution is 2.19. The summed E-state index contributed by atoms with van der Waals surface area (Å²) in [4.78, 5) is 27.8. The first kappa shape index (κ1) is 19.5. The predicted molar refractivity (Wildman–Crippen MR) is 96.3 cm³/mol. The Kier molecular flexibility index (Phi) is 7.01. The van der Waals surface area contributed by atoms with Gasteiger partial charge in [0.15, 0.2) is 0 Å². The Labute approximate surface area is 152 Å². The molecule has 1 aliphatic rings. The number of hydrogen-bond donors (Lipinski definition) is 2. The first-order valence-electron chi connectivity index (χ1n) is 8.41. The summed E-state index contributed by atoms with van der Waals surface area (Å²) >= 11 is 5.63. The van der Waals surface area contributed by atoms with Crippen LogP contribution in [0.3, 0.4) is 0 Å². The molecular weight excluding hydrogens is 347 g/mol. The van der Waals surface area contributed by atoms with Gasteiger partial charge >= 0.3 is 6.03 Å². The van der Waals surface area contributed by atoms with Gasteiger partial charge in [-0.2, -0.15) is 0 Å². The SMILES string of the molecule is CCC(C)NC(=O)CN1CCN(C(=O)Nc2ccc(Cl)c(F)c2)CC1. The summed E-state index contributed by atoms with van der Waals surface area (Å²) in [5.41, 5.74) is 0.363. The molecule has 0 bridgehead atoms. The number of carbonyl (C=O) groups is 2. The monoisotopic (exact) mass is 370 g/mol. The van der Waals surface area contributed by atoms with Crippen LogP contribution in [0.4, 0.5) is 14.9 Å². The second-order valence-corrected chi connectivity index (χ2v) is 6.61. The molecule has 138 valence electrons. The summed E-state index contributed by atoms with van der Waals surface area (Å²) in [5, 5.41) is 5.61. The van der Waals surface area contributed by atoms with Gasteiger partial charge in [0.05, 0.1) is 11.6 Å². The van der Waals surface area contributed by atoms with Gasteiger partial charge in [0.2, 0.25) is 5.91 Å². The molecule has 1 unspecified atom stereocenters. The summed E-state index contributed by atoms with van der Waals surface area (Å²) in [6.45, 7) is 6.60. The van der Waals surface area contributed by atoms with E-state index in [1.807, 2.05) is 18.7 Å². The Hall–Kier alpha value is -1.86. The molecule has 0 radical (unpaired) electrons. The van der Waals surface area contributed by atoms with E-state index in [2.05, 4.69) is 10.6 Å². The lowest BCUT2D eigenvalue weighted by Crippen LogP contribution is -2.52. The van der Waals surface area contributed by atoms with Crippen molar-refractivity contribution < 1.29 is 14.0 Å². The summed E-state index contributed by atoms with van der Waals surface area (Å²) in [5.74, 6) is -0.569. The molecule has 0 aliphatic carbocycles. The van der Waals surface area contributed by atoms with Crippen LogP contribution in [0.1, 0.15) is 20.3 Å². The molecule has 3 amide bonds. The minimum Gasteiger partial charge on any atom is -0.353 e. The molecule has 0 aromatic heterocycles. The van der Waals surface area contributed by atoms with Crippen LogP contribution < -0.4 is 10.6 Å². The molecule has 25 heavy (non-hydrogen) atoms. The Balaban J connectivity index is 1.78. The number of halogens is 2. The van der Waals surface area contributed by atoms with Gasteiger partial charge in [-0.1, -0.05) is 18.5 Å². The van der Waals surface area contributed by atoms with E-state index in [0.29, 0.717) is 38.4 Å². The number of benzene rings is 1. The quantitative estimate of drug-likeness (QED) is 0.837. The summed E-state index contributed by atoms with van der Waals surface area (Å²) in [6.07, 6.45) is 0.894. The molecule has 1 heterocycles. The molecule has 1 saturated heterocycles. The lowest BCUT2D eigenvalue weighted by molar-refractivity contribution is -0.123. The van der Waals surface area contributed by atoms with Gasteiger partial charge in [-0.3, -0.25) is 9.69 Å². The van der Waals surface area contributed by atoms with Crippen molar-refractivity contribution in [1.82, 2.24) is 15.1 Å². The lowest BCUT2D eigenvalue weighted by Gasteiger charge is -2.34. The number of hydrogen-bond acceptors (Lipinski definition) is 3. The maximum Gasteiger partial charge on any atom is 0.321 e. The van der Waals surface area contributed by atoms with E-state index >= 15 is 0 Å². The molecule has 6 nitrogen and oxygen atoms in total. The molecule has 2 N–H and O–H groups in total. The van der Waals surface area contributed by atoms with Crippen molar-refractivity contribution in [1.29, 1.82) is 0 Å². The van der Waals surface area contributed by atoms with E-state index in [1.165, 1.54) is 12.1 Å². The third-order valence-corrected chi connectivity index (χ3v) is 4.52. The van der Waals surface area contributed by atoms with E-state index in [0.717, 1.165) is 6.42 Å². The van der Waals surface area contributed by atoms with Crippen molar-refractivity contribution in [3.63, 3.8) is 0 Å². The van der Waals surface area contributed by atoms with Gasteiger partial charge in [0.1, 0.15) is 5.82 Å². The molecule has 8 heteroatoms. The number of urea groups is 1. The van der Waals surface area contributed by atoms with Crippen molar-refractivity contribution >= 4 is 29.2 Å². The van der Waals surface area contributed by atoms with Crippen LogP contribution in [0.15, 0.2) is 18.2 Å². The first-order valence-corrected chi connectivity index (χ1v) is 8.79.